The SMILES string of the molecule is Cc1ccsc1C=NNc1ccccc1C(F)(F)F. The number of halogens is 3. The summed E-state index contributed by atoms with van der Waals surface area (Å²) >= 11 is 1.48. The molecule has 0 fully saturated rings. The minimum Gasteiger partial charge on any atom is -0.278 e. The molecule has 0 bridgehead atoms. The lowest BCUT2D eigenvalue weighted by molar-refractivity contribution is -0.136. The monoisotopic (exact) mass is 284 g/mol. The van der Waals surface area contributed by atoms with Gasteiger partial charge in [0.2, 0.25) is 0 Å². The van der Waals surface area contributed by atoms with Gasteiger partial charge < -0.3 is 0 Å². The quantitative estimate of drug-likeness (QED) is 0.650. The number of nitrogens with zero attached hydrogens (tertiary/aromatic N) is 1. The number of para-hydroxylation sites is 1. The number of nitrogens with one attached hydrogen (secondary N) is 1. The predicted octanol–water partition coefficient (Wildman–Crippen LogP) is 4.52. The molecule has 0 aliphatic heterocycles. The first-order valence-corrected chi connectivity index (χ1v) is 6.36. The van der Waals surface area contributed by atoms with Crippen LogP contribution < -0.4 is 5.43 Å². The molecule has 0 aliphatic rings. The highest BCUT2D eigenvalue weighted by molar-refractivity contribution is 7.11. The number of hydrazone groups is 1. The molecule has 0 saturated carbocycles. The van der Waals surface area contributed by atoms with Crippen molar-refractivity contribution in [2.75, 3.05) is 5.43 Å². The number of hydrogen-bond acceptors (Lipinski definition) is 3. The molecule has 0 aliphatic carbocycles. The van der Waals surface area contributed by atoms with E-state index in [0.29, 0.717) is 0 Å². The molecular formula is C13H11F3N2S. The zero-order valence-corrected chi connectivity index (χ0v) is 10.8. The zero-order valence-electron chi connectivity index (χ0n) is 10.0. The van der Waals surface area contributed by atoms with Gasteiger partial charge in [-0.2, -0.15) is 18.3 Å². The third kappa shape index (κ3) is 3.35. The molecule has 2 rings (SSSR count). The first kappa shape index (κ1) is 13.6. The Bertz CT molecular complexity index is 588. The van der Waals surface area contributed by atoms with Crippen LogP contribution in [0.3, 0.4) is 0 Å². The van der Waals surface area contributed by atoms with Crippen molar-refractivity contribution in [1.29, 1.82) is 0 Å². The van der Waals surface area contributed by atoms with Crippen molar-refractivity contribution in [3.8, 4) is 0 Å². The topological polar surface area (TPSA) is 24.4 Å². The zero-order chi connectivity index (χ0) is 13.9. The third-order valence-electron chi connectivity index (χ3n) is 2.50. The molecule has 100 valence electrons. The highest BCUT2D eigenvalue weighted by Crippen LogP contribution is 2.34. The van der Waals surface area contributed by atoms with E-state index < -0.39 is 11.7 Å². The first-order chi connectivity index (χ1) is 8.98. The Labute approximate surface area is 112 Å². The van der Waals surface area contributed by atoms with E-state index in [0.717, 1.165) is 16.5 Å². The molecule has 19 heavy (non-hydrogen) atoms. The average molecular weight is 284 g/mol. The fourth-order valence-corrected chi connectivity index (χ4v) is 2.29. The molecule has 0 atom stereocenters. The Morgan fingerprint density at radius 1 is 1.21 bits per heavy atom. The molecule has 6 heteroatoms. The second-order valence-electron chi connectivity index (χ2n) is 3.88. The van der Waals surface area contributed by atoms with E-state index in [1.165, 1.54) is 35.8 Å². The molecule has 1 aromatic carbocycles. The maximum Gasteiger partial charge on any atom is 0.418 e. The van der Waals surface area contributed by atoms with Crippen LogP contribution in [0, 0.1) is 6.92 Å². The van der Waals surface area contributed by atoms with Crippen LogP contribution in [0.2, 0.25) is 0 Å². The van der Waals surface area contributed by atoms with E-state index in [1.807, 2.05) is 18.4 Å². The number of alkyl halides is 3. The number of benzene rings is 1. The van der Waals surface area contributed by atoms with Crippen molar-refractivity contribution < 1.29 is 13.2 Å². The minimum atomic E-state index is -4.39. The van der Waals surface area contributed by atoms with Gasteiger partial charge in [0.25, 0.3) is 0 Å². The summed E-state index contributed by atoms with van der Waals surface area (Å²) in [5.41, 5.74) is 2.70. The van der Waals surface area contributed by atoms with E-state index in [1.54, 1.807) is 0 Å². The molecule has 2 aromatic rings. The lowest BCUT2D eigenvalue weighted by Crippen LogP contribution is -2.08. The standard InChI is InChI=1S/C13H11F3N2S/c1-9-6-7-19-12(9)8-17-18-11-5-3-2-4-10(11)13(14,15)16/h2-8,18H,1H3. The Morgan fingerprint density at radius 3 is 2.58 bits per heavy atom. The third-order valence-corrected chi connectivity index (χ3v) is 3.45. The summed E-state index contributed by atoms with van der Waals surface area (Å²) in [4.78, 5) is 0.914. The number of hydrogen-bond donors (Lipinski definition) is 1. The Kier molecular flexibility index (Phi) is 3.90. The number of rotatable bonds is 3. The molecular weight excluding hydrogens is 273 g/mol. The summed E-state index contributed by atoms with van der Waals surface area (Å²) in [5.74, 6) is 0. The highest BCUT2D eigenvalue weighted by Gasteiger charge is 2.33. The van der Waals surface area contributed by atoms with Crippen molar-refractivity contribution in [2.45, 2.75) is 13.1 Å². The van der Waals surface area contributed by atoms with Crippen LogP contribution in [0.4, 0.5) is 18.9 Å². The number of thiophene rings is 1. The fraction of sp³-hybridized carbons (Fsp3) is 0.154. The Balaban J connectivity index is 2.17. The van der Waals surface area contributed by atoms with E-state index in [9.17, 15) is 13.2 Å². The molecule has 0 saturated heterocycles. The van der Waals surface area contributed by atoms with Gasteiger partial charge in [-0.15, -0.1) is 11.3 Å². The van der Waals surface area contributed by atoms with Crippen molar-refractivity contribution in [3.05, 3.63) is 51.7 Å². The Hall–Kier alpha value is -1.82. The fourth-order valence-electron chi connectivity index (χ4n) is 1.50. The van der Waals surface area contributed by atoms with Crippen LogP contribution >= 0.6 is 11.3 Å². The van der Waals surface area contributed by atoms with E-state index in [-0.39, 0.29) is 5.69 Å². The average Bonchev–Trinajstić information content (AvgIpc) is 2.75. The van der Waals surface area contributed by atoms with Crippen LogP contribution in [0.15, 0.2) is 40.8 Å². The summed E-state index contributed by atoms with van der Waals surface area (Å²) in [6, 6.07) is 7.18. The second kappa shape index (κ2) is 5.44. The van der Waals surface area contributed by atoms with Crippen LogP contribution in [-0.2, 0) is 6.18 Å². The maximum atomic E-state index is 12.7. The van der Waals surface area contributed by atoms with Crippen LogP contribution in [0.1, 0.15) is 16.0 Å². The van der Waals surface area contributed by atoms with Gasteiger partial charge in [0.05, 0.1) is 17.5 Å². The van der Waals surface area contributed by atoms with Gasteiger partial charge in [-0.1, -0.05) is 12.1 Å². The van der Waals surface area contributed by atoms with Crippen molar-refractivity contribution >= 4 is 23.2 Å². The van der Waals surface area contributed by atoms with Crippen LogP contribution in [0.5, 0.6) is 0 Å². The van der Waals surface area contributed by atoms with Gasteiger partial charge in [-0.05, 0) is 36.1 Å². The van der Waals surface area contributed by atoms with Gasteiger partial charge in [0.1, 0.15) is 0 Å². The van der Waals surface area contributed by atoms with Gasteiger partial charge in [-0.25, -0.2) is 0 Å². The smallest absolute Gasteiger partial charge is 0.278 e. The number of aryl methyl sites for hydroxylation is 1. The van der Waals surface area contributed by atoms with E-state index >= 15 is 0 Å². The molecule has 0 amide bonds. The molecule has 0 unspecified atom stereocenters. The van der Waals surface area contributed by atoms with Gasteiger partial charge in [-0.3, -0.25) is 5.43 Å². The van der Waals surface area contributed by atoms with Crippen molar-refractivity contribution in [2.24, 2.45) is 5.10 Å². The molecule has 1 heterocycles. The number of anilines is 1. The van der Waals surface area contributed by atoms with Gasteiger partial charge in [0, 0.05) is 4.88 Å². The summed E-state index contributed by atoms with van der Waals surface area (Å²) in [6.45, 7) is 1.92. The summed E-state index contributed by atoms with van der Waals surface area (Å²) in [7, 11) is 0. The Morgan fingerprint density at radius 2 is 1.95 bits per heavy atom. The largest absolute Gasteiger partial charge is 0.418 e. The van der Waals surface area contributed by atoms with Crippen LogP contribution in [0.25, 0.3) is 0 Å². The van der Waals surface area contributed by atoms with Crippen molar-refractivity contribution in [1.82, 2.24) is 0 Å². The first-order valence-electron chi connectivity index (χ1n) is 5.48. The summed E-state index contributed by atoms with van der Waals surface area (Å²) in [5, 5.41) is 5.76. The molecule has 1 N–H and O–H groups in total. The summed E-state index contributed by atoms with van der Waals surface area (Å²) in [6.07, 6.45) is -2.87. The predicted molar refractivity (Wildman–Crippen MR) is 71.7 cm³/mol. The van der Waals surface area contributed by atoms with E-state index in [2.05, 4.69) is 10.5 Å². The normalized spacial score (nSPS) is 12.0. The lowest BCUT2D eigenvalue weighted by Gasteiger charge is -2.11. The molecule has 0 spiro atoms. The van der Waals surface area contributed by atoms with E-state index in [4.69, 9.17) is 0 Å². The van der Waals surface area contributed by atoms with Gasteiger partial charge in [0.15, 0.2) is 0 Å². The maximum absolute atomic E-state index is 12.7. The molecule has 0 radical (unpaired) electrons. The van der Waals surface area contributed by atoms with Crippen molar-refractivity contribution in [3.63, 3.8) is 0 Å². The highest BCUT2D eigenvalue weighted by atomic mass is 32.1. The molecule has 2 nitrogen and oxygen atoms in total. The van der Waals surface area contributed by atoms with Crippen LogP contribution in [-0.4, -0.2) is 6.21 Å². The summed E-state index contributed by atoms with van der Waals surface area (Å²) < 4.78 is 38.2. The van der Waals surface area contributed by atoms with Gasteiger partial charge >= 0.3 is 6.18 Å². The molecule has 1 aromatic heterocycles. The lowest BCUT2D eigenvalue weighted by atomic mass is 10.2. The second-order valence-corrected chi connectivity index (χ2v) is 4.83. The minimum absolute atomic E-state index is 0.0551.